The molecule has 3 N–H and O–H groups in total. The Morgan fingerprint density at radius 2 is 2.30 bits per heavy atom. The first-order valence-electron chi connectivity index (χ1n) is 7.04. The minimum atomic E-state index is -0.355. The van der Waals surface area contributed by atoms with E-state index in [9.17, 15) is 4.79 Å². The van der Waals surface area contributed by atoms with Crippen LogP contribution in [0.1, 0.15) is 23.6 Å². The Kier molecular flexibility index (Phi) is 5.52. The van der Waals surface area contributed by atoms with Gasteiger partial charge < -0.3 is 15.8 Å². The van der Waals surface area contributed by atoms with Gasteiger partial charge in [-0.1, -0.05) is 24.3 Å². The van der Waals surface area contributed by atoms with Crippen molar-refractivity contribution in [1.29, 1.82) is 0 Å². The number of nitrogens with one attached hydrogen (secondary N) is 1. The summed E-state index contributed by atoms with van der Waals surface area (Å²) in [5, 5.41) is 3.34. The molecule has 20 heavy (non-hydrogen) atoms. The Bertz CT molecular complexity index is 442. The van der Waals surface area contributed by atoms with Crippen LogP contribution in [0.25, 0.3) is 0 Å². The third-order valence-corrected chi connectivity index (χ3v) is 3.59. The zero-order valence-corrected chi connectivity index (χ0v) is 12.0. The van der Waals surface area contributed by atoms with Crippen LogP contribution in [0.5, 0.6) is 0 Å². The van der Waals surface area contributed by atoms with Crippen molar-refractivity contribution in [3.8, 4) is 0 Å². The van der Waals surface area contributed by atoms with Crippen LogP contribution in [0.2, 0.25) is 0 Å². The predicted molar refractivity (Wildman–Crippen MR) is 78.2 cm³/mol. The molecular formula is C15H23N3O2. The standard InChI is InChI=1S/C15H23N3O2/c1-20-11-12-4-2-5-13(10-12)14(15(16)19)18-8-3-6-17-7-9-18/h2,4-5,10,14,17H,3,6-9,11H2,1H3,(H2,16,19). The summed E-state index contributed by atoms with van der Waals surface area (Å²) in [6.07, 6.45) is 1.03. The highest BCUT2D eigenvalue weighted by atomic mass is 16.5. The Hall–Kier alpha value is -1.43. The first-order chi connectivity index (χ1) is 9.72. The lowest BCUT2D eigenvalue weighted by Gasteiger charge is -2.28. The van der Waals surface area contributed by atoms with Crippen LogP contribution in [-0.2, 0) is 16.1 Å². The first kappa shape index (κ1) is 15.0. The predicted octanol–water partition coefficient (Wildman–Crippen LogP) is 0.655. The second kappa shape index (κ2) is 7.38. The van der Waals surface area contributed by atoms with E-state index >= 15 is 0 Å². The van der Waals surface area contributed by atoms with E-state index < -0.39 is 0 Å². The van der Waals surface area contributed by atoms with Crippen molar-refractivity contribution >= 4 is 5.91 Å². The Morgan fingerprint density at radius 3 is 3.05 bits per heavy atom. The van der Waals surface area contributed by atoms with Crippen molar-refractivity contribution < 1.29 is 9.53 Å². The zero-order valence-electron chi connectivity index (χ0n) is 12.0. The van der Waals surface area contributed by atoms with Gasteiger partial charge in [-0.25, -0.2) is 0 Å². The van der Waals surface area contributed by atoms with Gasteiger partial charge in [-0.2, -0.15) is 0 Å². The minimum absolute atomic E-state index is 0.290. The lowest BCUT2D eigenvalue weighted by molar-refractivity contribution is -0.123. The lowest BCUT2D eigenvalue weighted by atomic mass is 10.0. The van der Waals surface area contributed by atoms with Crippen LogP contribution in [0.15, 0.2) is 24.3 Å². The molecule has 5 heteroatoms. The highest BCUT2D eigenvalue weighted by Gasteiger charge is 2.26. The summed E-state index contributed by atoms with van der Waals surface area (Å²) < 4.78 is 5.15. The molecule has 0 saturated carbocycles. The van der Waals surface area contributed by atoms with Gasteiger partial charge in [0.15, 0.2) is 0 Å². The number of benzene rings is 1. The molecule has 0 bridgehead atoms. The molecule has 1 amide bonds. The molecule has 1 aliphatic rings. The van der Waals surface area contributed by atoms with Gasteiger partial charge >= 0.3 is 0 Å². The summed E-state index contributed by atoms with van der Waals surface area (Å²) in [6.45, 7) is 4.14. The normalized spacial score (nSPS) is 18.4. The average molecular weight is 277 g/mol. The second-order valence-electron chi connectivity index (χ2n) is 5.12. The number of nitrogens with zero attached hydrogens (tertiary/aromatic N) is 1. The third kappa shape index (κ3) is 3.79. The molecule has 0 spiro atoms. The topological polar surface area (TPSA) is 67.6 Å². The molecule has 1 unspecified atom stereocenters. The summed E-state index contributed by atoms with van der Waals surface area (Å²) in [7, 11) is 1.67. The molecule has 1 atom stereocenters. The highest BCUT2D eigenvalue weighted by molar-refractivity contribution is 5.81. The molecule has 0 radical (unpaired) electrons. The van der Waals surface area contributed by atoms with Crippen molar-refractivity contribution in [2.75, 3.05) is 33.3 Å². The molecule has 1 aromatic rings. The lowest BCUT2D eigenvalue weighted by Crippen LogP contribution is -2.39. The summed E-state index contributed by atoms with van der Waals surface area (Å²) >= 11 is 0. The van der Waals surface area contributed by atoms with E-state index in [2.05, 4.69) is 10.2 Å². The van der Waals surface area contributed by atoms with Crippen molar-refractivity contribution in [3.63, 3.8) is 0 Å². The fourth-order valence-electron chi connectivity index (χ4n) is 2.70. The van der Waals surface area contributed by atoms with Gasteiger partial charge in [0.1, 0.15) is 6.04 Å². The van der Waals surface area contributed by atoms with Crippen molar-refractivity contribution in [3.05, 3.63) is 35.4 Å². The van der Waals surface area contributed by atoms with E-state index in [1.807, 2.05) is 24.3 Å². The molecule has 1 saturated heterocycles. The Morgan fingerprint density at radius 1 is 1.45 bits per heavy atom. The number of methoxy groups -OCH3 is 1. The van der Waals surface area contributed by atoms with Crippen LogP contribution in [0.3, 0.4) is 0 Å². The van der Waals surface area contributed by atoms with Crippen molar-refractivity contribution in [2.45, 2.75) is 19.1 Å². The number of ether oxygens (including phenoxy) is 1. The van der Waals surface area contributed by atoms with Gasteiger partial charge in [-0.05, 0) is 24.1 Å². The van der Waals surface area contributed by atoms with Gasteiger partial charge in [-0.15, -0.1) is 0 Å². The molecule has 1 fully saturated rings. The molecule has 0 aromatic heterocycles. The Labute approximate surface area is 120 Å². The smallest absolute Gasteiger partial charge is 0.239 e. The van der Waals surface area contributed by atoms with Crippen molar-refractivity contribution in [2.24, 2.45) is 5.73 Å². The quantitative estimate of drug-likeness (QED) is 0.829. The van der Waals surface area contributed by atoms with Gasteiger partial charge in [0.25, 0.3) is 0 Å². The second-order valence-corrected chi connectivity index (χ2v) is 5.12. The molecule has 5 nitrogen and oxygen atoms in total. The van der Waals surface area contributed by atoms with Crippen molar-refractivity contribution in [1.82, 2.24) is 10.2 Å². The molecule has 110 valence electrons. The number of carbonyl (C=O) groups is 1. The summed E-state index contributed by atoms with van der Waals surface area (Å²) in [4.78, 5) is 14.1. The zero-order chi connectivity index (χ0) is 14.4. The fraction of sp³-hybridized carbons (Fsp3) is 0.533. The largest absolute Gasteiger partial charge is 0.380 e. The van der Waals surface area contributed by atoms with Crippen LogP contribution >= 0.6 is 0 Å². The number of primary amides is 1. The van der Waals surface area contributed by atoms with E-state index in [-0.39, 0.29) is 11.9 Å². The number of amides is 1. The Balaban J connectivity index is 2.22. The monoisotopic (exact) mass is 277 g/mol. The third-order valence-electron chi connectivity index (χ3n) is 3.59. The van der Waals surface area contributed by atoms with Crippen LogP contribution in [0.4, 0.5) is 0 Å². The molecule has 1 aliphatic heterocycles. The van der Waals surface area contributed by atoms with E-state index in [0.717, 1.165) is 43.7 Å². The summed E-state index contributed by atoms with van der Waals surface area (Å²) in [5.41, 5.74) is 7.65. The molecule has 1 aromatic carbocycles. The minimum Gasteiger partial charge on any atom is -0.380 e. The van der Waals surface area contributed by atoms with Gasteiger partial charge in [-0.3, -0.25) is 9.69 Å². The number of hydrogen-bond donors (Lipinski definition) is 2. The van der Waals surface area contributed by atoms with E-state index in [1.165, 1.54) is 0 Å². The maximum absolute atomic E-state index is 11.9. The molecule has 0 aliphatic carbocycles. The van der Waals surface area contributed by atoms with Gasteiger partial charge in [0, 0.05) is 26.7 Å². The summed E-state index contributed by atoms with van der Waals surface area (Å²) in [6, 6.07) is 7.57. The van der Waals surface area contributed by atoms with E-state index in [4.69, 9.17) is 10.5 Å². The molecule has 1 heterocycles. The van der Waals surface area contributed by atoms with Gasteiger partial charge in [0.05, 0.1) is 6.61 Å². The van der Waals surface area contributed by atoms with Crippen LogP contribution < -0.4 is 11.1 Å². The highest BCUT2D eigenvalue weighted by Crippen LogP contribution is 2.22. The van der Waals surface area contributed by atoms with Gasteiger partial charge in [0.2, 0.25) is 5.91 Å². The number of nitrogens with two attached hydrogens (primary N) is 1. The van der Waals surface area contributed by atoms with Crippen LogP contribution in [-0.4, -0.2) is 44.1 Å². The van der Waals surface area contributed by atoms with E-state index in [1.54, 1.807) is 7.11 Å². The SMILES string of the molecule is COCc1cccc(C(C(N)=O)N2CCCNCC2)c1. The fourth-order valence-corrected chi connectivity index (χ4v) is 2.70. The average Bonchev–Trinajstić information content (AvgIpc) is 2.68. The molecule has 2 rings (SSSR count). The first-order valence-corrected chi connectivity index (χ1v) is 7.04. The molecular weight excluding hydrogens is 254 g/mol. The number of rotatable bonds is 5. The van der Waals surface area contributed by atoms with E-state index in [0.29, 0.717) is 6.61 Å². The van der Waals surface area contributed by atoms with Crippen LogP contribution in [0, 0.1) is 0 Å². The maximum Gasteiger partial charge on any atom is 0.239 e. The summed E-state index contributed by atoms with van der Waals surface area (Å²) in [5.74, 6) is -0.290. The number of carbonyl (C=O) groups excluding carboxylic acids is 1. The number of hydrogen-bond acceptors (Lipinski definition) is 4. The maximum atomic E-state index is 11.9.